The summed E-state index contributed by atoms with van der Waals surface area (Å²) in [6.45, 7) is 3.77. The van der Waals surface area contributed by atoms with Crippen LogP contribution in [0.5, 0.6) is 0 Å². The van der Waals surface area contributed by atoms with Crippen molar-refractivity contribution in [3.8, 4) is 0 Å². The third kappa shape index (κ3) is 5.11. The Morgan fingerprint density at radius 2 is 2.40 bits per heavy atom. The molecule has 15 heavy (non-hydrogen) atoms. The Bertz CT molecular complexity index is 277. The van der Waals surface area contributed by atoms with Crippen molar-refractivity contribution in [3.63, 3.8) is 0 Å². The van der Waals surface area contributed by atoms with Crippen molar-refractivity contribution in [1.82, 2.24) is 5.32 Å². The summed E-state index contributed by atoms with van der Waals surface area (Å²) in [5, 5.41) is 5.41. The van der Waals surface area contributed by atoms with Crippen molar-refractivity contribution >= 4 is 27.3 Å². The van der Waals surface area contributed by atoms with Crippen LogP contribution in [0.2, 0.25) is 0 Å². The third-order valence-electron chi connectivity index (χ3n) is 2.15. The normalized spacial score (nSPS) is 13.0. The van der Waals surface area contributed by atoms with Gasteiger partial charge < -0.3 is 10.1 Å². The molecule has 0 radical (unpaired) electrons. The van der Waals surface area contributed by atoms with Crippen LogP contribution in [0.3, 0.4) is 0 Å². The molecule has 0 aliphatic rings. The number of rotatable bonds is 7. The van der Waals surface area contributed by atoms with Gasteiger partial charge in [-0.1, -0.05) is 6.92 Å². The molecule has 1 aromatic heterocycles. The van der Waals surface area contributed by atoms with E-state index >= 15 is 0 Å². The molecule has 0 saturated heterocycles. The van der Waals surface area contributed by atoms with Crippen molar-refractivity contribution < 1.29 is 4.74 Å². The first-order valence-corrected chi connectivity index (χ1v) is 6.91. The summed E-state index contributed by atoms with van der Waals surface area (Å²) >= 11 is 5.26. The van der Waals surface area contributed by atoms with Crippen LogP contribution in [0.4, 0.5) is 0 Å². The van der Waals surface area contributed by atoms with Crippen LogP contribution in [0.25, 0.3) is 0 Å². The van der Waals surface area contributed by atoms with Gasteiger partial charge in [0.05, 0.1) is 6.61 Å². The molecule has 1 heterocycles. The van der Waals surface area contributed by atoms with Gasteiger partial charge in [-0.15, -0.1) is 11.3 Å². The second kappa shape index (κ2) is 7.39. The standard InChI is InChI=1S/C11H18BrNOS/c1-3-4-14-7-10(13-2)6-11-5-9(12)8-15-11/h5,8,10,13H,3-4,6-7H2,1-2H3. The van der Waals surface area contributed by atoms with Crippen LogP contribution in [0.1, 0.15) is 18.2 Å². The van der Waals surface area contributed by atoms with E-state index in [0.717, 1.165) is 26.1 Å². The van der Waals surface area contributed by atoms with Crippen LogP contribution in [0.15, 0.2) is 15.9 Å². The summed E-state index contributed by atoms with van der Waals surface area (Å²) in [5.41, 5.74) is 0. The lowest BCUT2D eigenvalue weighted by Crippen LogP contribution is -2.32. The highest BCUT2D eigenvalue weighted by molar-refractivity contribution is 9.10. The van der Waals surface area contributed by atoms with Crippen molar-refractivity contribution in [3.05, 3.63) is 20.8 Å². The molecule has 1 unspecified atom stereocenters. The van der Waals surface area contributed by atoms with Gasteiger partial charge in [0.1, 0.15) is 0 Å². The molecule has 1 atom stereocenters. The molecule has 0 saturated carbocycles. The maximum Gasteiger partial charge on any atom is 0.0623 e. The maximum atomic E-state index is 5.55. The molecule has 0 aliphatic carbocycles. The average molecular weight is 292 g/mol. The number of ether oxygens (including phenoxy) is 1. The minimum absolute atomic E-state index is 0.419. The monoisotopic (exact) mass is 291 g/mol. The fraction of sp³-hybridized carbons (Fsp3) is 0.636. The second-order valence-electron chi connectivity index (χ2n) is 3.50. The van der Waals surface area contributed by atoms with Gasteiger partial charge in [0.2, 0.25) is 0 Å². The van der Waals surface area contributed by atoms with Crippen LogP contribution >= 0.6 is 27.3 Å². The molecule has 1 N–H and O–H groups in total. The van der Waals surface area contributed by atoms with E-state index in [-0.39, 0.29) is 0 Å². The zero-order valence-corrected chi connectivity index (χ0v) is 11.7. The number of hydrogen-bond acceptors (Lipinski definition) is 3. The number of hydrogen-bond donors (Lipinski definition) is 1. The quantitative estimate of drug-likeness (QED) is 0.780. The predicted octanol–water partition coefficient (Wildman–Crippen LogP) is 3.07. The summed E-state index contributed by atoms with van der Waals surface area (Å²) in [6.07, 6.45) is 2.12. The number of likely N-dealkylation sites (N-methyl/N-ethyl adjacent to an activating group) is 1. The summed E-state index contributed by atoms with van der Waals surface area (Å²) in [7, 11) is 1.99. The first-order chi connectivity index (χ1) is 7.26. The Balaban J connectivity index is 2.33. The van der Waals surface area contributed by atoms with Crippen LogP contribution in [0, 0.1) is 0 Å². The first-order valence-electron chi connectivity index (χ1n) is 5.24. The highest BCUT2D eigenvalue weighted by Crippen LogP contribution is 2.20. The molecule has 1 rings (SSSR count). The lowest BCUT2D eigenvalue weighted by Gasteiger charge is -2.15. The van der Waals surface area contributed by atoms with E-state index in [4.69, 9.17) is 4.74 Å². The van der Waals surface area contributed by atoms with Gasteiger partial charge in [0.15, 0.2) is 0 Å². The number of thiophene rings is 1. The summed E-state index contributed by atoms with van der Waals surface area (Å²) < 4.78 is 6.72. The van der Waals surface area contributed by atoms with Crippen molar-refractivity contribution in [1.29, 1.82) is 0 Å². The molecular weight excluding hydrogens is 274 g/mol. The van der Waals surface area contributed by atoms with E-state index in [9.17, 15) is 0 Å². The highest BCUT2D eigenvalue weighted by Gasteiger charge is 2.08. The van der Waals surface area contributed by atoms with Crippen molar-refractivity contribution in [2.24, 2.45) is 0 Å². The minimum atomic E-state index is 0.419. The molecule has 4 heteroatoms. The van der Waals surface area contributed by atoms with E-state index in [1.807, 2.05) is 7.05 Å². The molecule has 86 valence electrons. The van der Waals surface area contributed by atoms with Gasteiger partial charge in [-0.2, -0.15) is 0 Å². The van der Waals surface area contributed by atoms with E-state index in [2.05, 4.69) is 39.6 Å². The Morgan fingerprint density at radius 3 is 2.93 bits per heavy atom. The Morgan fingerprint density at radius 1 is 1.60 bits per heavy atom. The van der Waals surface area contributed by atoms with Crippen LogP contribution < -0.4 is 5.32 Å². The summed E-state index contributed by atoms with van der Waals surface area (Å²) in [5.74, 6) is 0. The van der Waals surface area contributed by atoms with Crippen molar-refractivity contribution in [2.45, 2.75) is 25.8 Å². The number of nitrogens with one attached hydrogen (secondary N) is 1. The predicted molar refractivity (Wildman–Crippen MR) is 69.7 cm³/mol. The van der Waals surface area contributed by atoms with E-state index in [0.29, 0.717) is 6.04 Å². The van der Waals surface area contributed by atoms with Gasteiger partial charge in [-0.05, 0) is 41.9 Å². The van der Waals surface area contributed by atoms with Crippen LogP contribution in [-0.2, 0) is 11.2 Å². The zero-order chi connectivity index (χ0) is 11.1. The lowest BCUT2D eigenvalue weighted by molar-refractivity contribution is 0.114. The Labute approximate surface area is 104 Å². The fourth-order valence-electron chi connectivity index (χ4n) is 1.32. The van der Waals surface area contributed by atoms with E-state index < -0.39 is 0 Å². The highest BCUT2D eigenvalue weighted by atomic mass is 79.9. The Hall–Kier alpha value is 0.1000. The summed E-state index contributed by atoms with van der Waals surface area (Å²) in [6, 6.07) is 2.59. The van der Waals surface area contributed by atoms with E-state index in [1.165, 1.54) is 9.35 Å². The third-order valence-corrected chi connectivity index (χ3v) is 3.87. The lowest BCUT2D eigenvalue weighted by atomic mass is 10.2. The second-order valence-corrected chi connectivity index (χ2v) is 5.41. The summed E-state index contributed by atoms with van der Waals surface area (Å²) in [4.78, 5) is 1.39. The van der Waals surface area contributed by atoms with Gasteiger partial charge in [0.25, 0.3) is 0 Å². The first kappa shape index (κ1) is 13.2. The van der Waals surface area contributed by atoms with Crippen LogP contribution in [-0.4, -0.2) is 26.3 Å². The molecular formula is C11H18BrNOS. The largest absolute Gasteiger partial charge is 0.380 e. The van der Waals surface area contributed by atoms with Gasteiger partial charge in [0, 0.05) is 27.4 Å². The number of halogens is 1. The van der Waals surface area contributed by atoms with E-state index in [1.54, 1.807) is 11.3 Å². The fourth-order valence-corrected chi connectivity index (χ4v) is 2.85. The molecule has 2 nitrogen and oxygen atoms in total. The maximum absolute atomic E-state index is 5.55. The molecule has 0 amide bonds. The van der Waals surface area contributed by atoms with Gasteiger partial charge in [-0.25, -0.2) is 0 Å². The molecule has 1 aromatic rings. The molecule has 0 aromatic carbocycles. The average Bonchev–Trinajstić information content (AvgIpc) is 2.63. The van der Waals surface area contributed by atoms with Gasteiger partial charge in [-0.3, -0.25) is 0 Å². The SMILES string of the molecule is CCCOCC(Cc1cc(Br)cs1)NC. The minimum Gasteiger partial charge on any atom is -0.380 e. The Kier molecular flexibility index (Phi) is 6.48. The molecule has 0 fully saturated rings. The smallest absolute Gasteiger partial charge is 0.0623 e. The molecule has 0 bridgehead atoms. The van der Waals surface area contributed by atoms with Crippen molar-refractivity contribution in [2.75, 3.05) is 20.3 Å². The molecule has 0 spiro atoms. The van der Waals surface area contributed by atoms with Gasteiger partial charge >= 0.3 is 0 Å². The molecule has 0 aliphatic heterocycles. The topological polar surface area (TPSA) is 21.3 Å². The zero-order valence-electron chi connectivity index (χ0n) is 9.25.